The Labute approximate surface area is 217 Å². The van der Waals surface area contributed by atoms with Gasteiger partial charge in [-0.05, 0) is 42.7 Å². The summed E-state index contributed by atoms with van der Waals surface area (Å²) in [5.74, 6) is -0.297. The van der Waals surface area contributed by atoms with Crippen LogP contribution in [0.3, 0.4) is 0 Å². The van der Waals surface area contributed by atoms with Crippen molar-refractivity contribution < 1.29 is 32.6 Å². The molecule has 0 radical (unpaired) electrons. The van der Waals surface area contributed by atoms with Gasteiger partial charge in [0.2, 0.25) is 5.88 Å². The number of rotatable bonds is 8. The Bertz CT molecular complexity index is 1540. The second kappa shape index (κ2) is 10.4. The number of pyridine rings is 3. The van der Waals surface area contributed by atoms with E-state index in [1.165, 1.54) is 18.3 Å². The first-order valence-corrected chi connectivity index (χ1v) is 11.5. The molecule has 0 saturated heterocycles. The van der Waals surface area contributed by atoms with Gasteiger partial charge in [-0.25, -0.2) is 14.8 Å². The molecule has 0 atom stereocenters. The van der Waals surface area contributed by atoms with Crippen LogP contribution in [0, 0.1) is 0 Å². The maximum absolute atomic E-state index is 13.3. The molecule has 12 nitrogen and oxygen atoms in total. The zero-order valence-electron chi connectivity index (χ0n) is 19.9. The predicted molar refractivity (Wildman–Crippen MR) is 128 cm³/mol. The van der Waals surface area contributed by atoms with Gasteiger partial charge in [0.1, 0.15) is 35.0 Å². The van der Waals surface area contributed by atoms with Gasteiger partial charge in [-0.1, -0.05) is 6.07 Å². The molecule has 1 saturated carbocycles. The van der Waals surface area contributed by atoms with E-state index in [4.69, 9.17) is 9.84 Å². The van der Waals surface area contributed by atoms with Crippen molar-refractivity contribution in [1.29, 1.82) is 0 Å². The van der Waals surface area contributed by atoms with Crippen LogP contribution in [-0.2, 0) is 12.7 Å². The number of hydrogen-bond acceptors (Lipinski definition) is 8. The molecule has 0 aliphatic heterocycles. The van der Waals surface area contributed by atoms with Crippen molar-refractivity contribution in [3.63, 3.8) is 0 Å². The van der Waals surface area contributed by atoms with Gasteiger partial charge in [0.05, 0.1) is 0 Å². The van der Waals surface area contributed by atoms with E-state index in [2.05, 4.69) is 30.5 Å². The van der Waals surface area contributed by atoms with Crippen molar-refractivity contribution in [1.82, 2.24) is 35.0 Å². The summed E-state index contributed by atoms with van der Waals surface area (Å²) in [7, 11) is 0. The number of aromatic nitrogens is 6. The van der Waals surface area contributed by atoms with E-state index in [9.17, 15) is 22.8 Å². The van der Waals surface area contributed by atoms with Crippen molar-refractivity contribution >= 4 is 17.8 Å². The van der Waals surface area contributed by atoms with Crippen molar-refractivity contribution in [2.45, 2.75) is 31.6 Å². The molecule has 200 valence electrons. The average molecular weight is 540 g/mol. The number of halogens is 3. The number of nitrogens with one attached hydrogen (secondary N) is 2. The SMILES string of the molecule is O=C(O)NCc1cc(Oc2ccnc(C(=O)Nc3cccc(-c4nncn4C4CC4)n3)c2)nc(C(F)(F)F)c1. The molecule has 1 aliphatic carbocycles. The summed E-state index contributed by atoms with van der Waals surface area (Å²) in [4.78, 5) is 35.5. The molecule has 0 aromatic carbocycles. The lowest BCUT2D eigenvalue weighted by Gasteiger charge is -2.12. The first-order valence-electron chi connectivity index (χ1n) is 11.5. The van der Waals surface area contributed by atoms with Crippen LogP contribution in [0.1, 0.15) is 40.6 Å². The molecule has 0 spiro atoms. The number of carboxylic acid groups (broad SMARTS) is 1. The minimum atomic E-state index is -4.80. The summed E-state index contributed by atoms with van der Waals surface area (Å²) < 4.78 is 47.3. The van der Waals surface area contributed by atoms with Crippen molar-refractivity contribution in [3.05, 3.63) is 71.9 Å². The Morgan fingerprint density at radius 1 is 1.13 bits per heavy atom. The second-order valence-corrected chi connectivity index (χ2v) is 8.49. The van der Waals surface area contributed by atoms with Crippen LogP contribution in [-0.4, -0.2) is 46.8 Å². The molecule has 1 aliphatic rings. The maximum atomic E-state index is 13.3. The molecule has 4 aromatic rings. The normalized spacial score (nSPS) is 13.1. The van der Waals surface area contributed by atoms with Gasteiger partial charge in [-0.15, -0.1) is 10.2 Å². The molecular formula is C24H19F3N8O4. The highest BCUT2D eigenvalue weighted by Gasteiger charge is 2.33. The Morgan fingerprint density at radius 3 is 2.69 bits per heavy atom. The number of ether oxygens (including phenoxy) is 1. The molecule has 5 rings (SSSR count). The highest BCUT2D eigenvalue weighted by Crippen LogP contribution is 2.37. The maximum Gasteiger partial charge on any atom is 0.433 e. The fourth-order valence-electron chi connectivity index (χ4n) is 3.61. The lowest BCUT2D eigenvalue weighted by atomic mass is 10.2. The van der Waals surface area contributed by atoms with Crippen LogP contribution in [0.25, 0.3) is 11.5 Å². The molecule has 1 fully saturated rings. The number of carbonyl (C=O) groups excluding carboxylic acids is 1. The van der Waals surface area contributed by atoms with E-state index in [0.717, 1.165) is 18.9 Å². The average Bonchev–Trinajstić information content (AvgIpc) is 3.63. The number of hydrogen-bond donors (Lipinski definition) is 3. The van der Waals surface area contributed by atoms with Crippen LogP contribution < -0.4 is 15.4 Å². The largest absolute Gasteiger partial charge is 0.465 e. The van der Waals surface area contributed by atoms with Crippen LogP contribution in [0.5, 0.6) is 11.6 Å². The third-order valence-electron chi connectivity index (χ3n) is 5.52. The summed E-state index contributed by atoms with van der Waals surface area (Å²) >= 11 is 0. The molecule has 4 heterocycles. The third kappa shape index (κ3) is 6.26. The molecule has 0 unspecified atom stereocenters. The lowest BCUT2D eigenvalue weighted by Crippen LogP contribution is -2.20. The standard InChI is InChI=1S/C24H19F3N8O4/c25-24(26,27)18-8-13(11-29-23(37)38)9-20(32-18)39-15-6-7-28-17(10-15)22(36)33-19-3-1-2-16(31-19)21-34-30-12-35(21)14-4-5-14/h1-3,6-10,12,14,29H,4-5,11H2,(H,37,38)(H,31,33,36). The van der Waals surface area contributed by atoms with Crippen LogP contribution in [0.2, 0.25) is 0 Å². The van der Waals surface area contributed by atoms with Gasteiger partial charge in [-0.2, -0.15) is 13.2 Å². The van der Waals surface area contributed by atoms with Gasteiger partial charge < -0.3 is 25.0 Å². The number of anilines is 1. The smallest absolute Gasteiger partial charge is 0.433 e. The quantitative estimate of drug-likeness (QED) is 0.296. The van der Waals surface area contributed by atoms with E-state index < -0.39 is 36.3 Å². The van der Waals surface area contributed by atoms with E-state index in [-0.39, 0.29) is 22.8 Å². The van der Waals surface area contributed by atoms with Crippen LogP contribution in [0.15, 0.2) is 55.0 Å². The van der Waals surface area contributed by atoms with Crippen molar-refractivity contribution in [2.75, 3.05) is 5.32 Å². The topological polar surface area (TPSA) is 157 Å². The number of carbonyl (C=O) groups is 2. The minimum Gasteiger partial charge on any atom is -0.465 e. The number of nitrogens with zero attached hydrogens (tertiary/aromatic N) is 6. The van der Waals surface area contributed by atoms with Gasteiger partial charge in [-0.3, -0.25) is 9.78 Å². The van der Waals surface area contributed by atoms with Gasteiger partial charge >= 0.3 is 12.3 Å². The highest BCUT2D eigenvalue weighted by atomic mass is 19.4. The zero-order chi connectivity index (χ0) is 27.6. The van der Waals surface area contributed by atoms with E-state index in [0.29, 0.717) is 23.6 Å². The molecular weight excluding hydrogens is 521 g/mol. The fraction of sp³-hybridized carbons (Fsp3) is 0.208. The monoisotopic (exact) mass is 540 g/mol. The summed E-state index contributed by atoms with van der Waals surface area (Å²) in [6, 6.07) is 9.78. The second-order valence-electron chi connectivity index (χ2n) is 8.49. The van der Waals surface area contributed by atoms with E-state index in [1.807, 2.05) is 9.88 Å². The molecule has 15 heteroatoms. The Balaban J connectivity index is 1.33. The first-order chi connectivity index (χ1) is 18.7. The molecule has 39 heavy (non-hydrogen) atoms. The van der Waals surface area contributed by atoms with E-state index in [1.54, 1.807) is 24.5 Å². The summed E-state index contributed by atoms with van der Waals surface area (Å²) in [5.41, 5.74) is -0.866. The summed E-state index contributed by atoms with van der Waals surface area (Å²) in [6.45, 7) is -0.398. The Morgan fingerprint density at radius 2 is 1.95 bits per heavy atom. The number of alkyl halides is 3. The molecule has 3 N–H and O–H groups in total. The fourth-order valence-corrected chi connectivity index (χ4v) is 3.61. The van der Waals surface area contributed by atoms with Crippen LogP contribution in [0.4, 0.5) is 23.8 Å². The van der Waals surface area contributed by atoms with Gasteiger partial charge in [0.15, 0.2) is 5.82 Å². The lowest BCUT2D eigenvalue weighted by molar-refractivity contribution is -0.141. The Kier molecular flexibility index (Phi) is 6.79. The molecule has 4 aromatic heterocycles. The molecule has 2 amide bonds. The Hall–Kier alpha value is -5.08. The number of amides is 2. The predicted octanol–water partition coefficient (Wildman–Crippen LogP) is 4.30. The van der Waals surface area contributed by atoms with Crippen LogP contribution >= 0.6 is 0 Å². The van der Waals surface area contributed by atoms with Gasteiger partial charge in [0.25, 0.3) is 5.91 Å². The van der Waals surface area contributed by atoms with Crippen molar-refractivity contribution in [2.24, 2.45) is 0 Å². The summed E-state index contributed by atoms with van der Waals surface area (Å²) in [5, 5.41) is 21.5. The summed E-state index contributed by atoms with van der Waals surface area (Å²) in [6.07, 6.45) is -1.26. The first kappa shape index (κ1) is 25.6. The van der Waals surface area contributed by atoms with E-state index >= 15 is 0 Å². The van der Waals surface area contributed by atoms with Gasteiger partial charge in [0, 0.05) is 30.9 Å². The minimum absolute atomic E-state index is 0.0154. The zero-order valence-corrected chi connectivity index (χ0v) is 19.9. The highest BCUT2D eigenvalue weighted by molar-refractivity contribution is 6.02. The van der Waals surface area contributed by atoms with Crippen molar-refractivity contribution in [3.8, 4) is 23.1 Å². The molecule has 0 bridgehead atoms. The third-order valence-corrected chi connectivity index (χ3v) is 5.52.